The number of aromatic hydroxyl groups is 1. The van der Waals surface area contributed by atoms with E-state index in [4.69, 9.17) is 16.2 Å². The van der Waals surface area contributed by atoms with E-state index in [0.29, 0.717) is 18.4 Å². The lowest BCUT2D eigenvalue weighted by Crippen LogP contribution is -2.62. The number of phenols is 1. The Kier molecular flexibility index (Phi) is 39.1. The van der Waals surface area contributed by atoms with Gasteiger partial charge < -0.3 is 89.4 Å². The Balaban J connectivity index is 1.77. The van der Waals surface area contributed by atoms with E-state index in [1.165, 1.54) is 93.5 Å². The van der Waals surface area contributed by atoms with Crippen molar-refractivity contribution < 1.29 is 92.3 Å². The predicted molar refractivity (Wildman–Crippen MR) is 386 cm³/mol. The second-order valence-corrected chi connectivity index (χ2v) is 27.9. The van der Waals surface area contributed by atoms with E-state index >= 15 is 0 Å². The fraction of sp³-hybridized carbons (Fsp3) is 0.649. The minimum atomic E-state index is -1.97. The molecule has 5 rings (SSSR count). The van der Waals surface area contributed by atoms with Crippen LogP contribution in [0.25, 0.3) is 0 Å². The highest BCUT2D eigenvalue weighted by Gasteiger charge is 2.42. The number of rotatable bonds is 37. The summed E-state index contributed by atoms with van der Waals surface area (Å²) in [7, 11) is 0. The fourth-order valence-corrected chi connectivity index (χ4v) is 12.4. The van der Waals surface area contributed by atoms with Crippen LogP contribution in [-0.2, 0) is 80.0 Å². The molecule has 2 aromatic rings. The summed E-state index contributed by atoms with van der Waals surface area (Å²) in [6.45, 7) is 9.79. The summed E-state index contributed by atoms with van der Waals surface area (Å²) in [5, 5.41) is 64.0. The highest BCUT2D eigenvalue weighted by Crippen LogP contribution is 2.24. The largest absolute Gasteiger partial charge is 0.508 e. The number of carboxylic acids is 2. The van der Waals surface area contributed by atoms with E-state index in [-0.39, 0.29) is 81.5 Å². The van der Waals surface area contributed by atoms with Crippen molar-refractivity contribution in [3.05, 3.63) is 59.7 Å². The van der Waals surface area contributed by atoms with Gasteiger partial charge in [-0.3, -0.25) is 62.3 Å². The molecule has 0 unspecified atom stereocenters. The lowest BCUT2D eigenvalue weighted by Gasteiger charge is -2.32. The number of aliphatic carboxylic acids is 2. The van der Waals surface area contributed by atoms with Gasteiger partial charge in [-0.25, -0.2) is 4.79 Å². The van der Waals surface area contributed by atoms with E-state index in [9.17, 15) is 87.5 Å². The molecular formula is C74H114N12O19. The summed E-state index contributed by atoms with van der Waals surface area (Å²) in [6.07, 6.45) is 9.07. The lowest BCUT2D eigenvalue weighted by atomic mass is 9.97. The third kappa shape index (κ3) is 31.5. The van der Waals surface area contributed by atoms with Gasteiger partial charge in [0.25, 0.3) is 0 Å². The number of ether oxygens (including phenoxy) is 1. The number of phenolic OH excluding ortho intramolecular Hbond substituents is 1. The summed E-state index contributed by atoms with van der Waals surface area (Å²) in [5.74, 6) is -15.5. The zero-order valence-corrected chi connectivity index (χ0v) is 61.6. The standard InChI is InChI=1S/C74H114N12O19/c1-7-9-10-11-12-13-14-15-16-17-18-19-20-25-59(90)77-52(35-38-60(91)92)66(96)78-51(23-21-40-75)65(95)81-56-43-48-28-32-50(33-29-48)105-74(104)63(45(5)8-2)84-69(99)55(42-47-26-30-49(88)31-27-47)82-67(97)53(34-37-58(76)89)79-71(101)57-24-22-41-86(57)73(103)62(44(3)4)83-68(98)54(36-39-61(93)94)80-72(102)64(46(6)87)85-70(56)100/h26-33,44-46,51-57,62-64,87-88H,7-25,34-43,75H2,1-6H3,(H2,76,89)(H,77,90)(H,78,96)(H,79,101)(H,80,102)(H,81,95)(H,82,97)(H,83,98)(H,84,99)(H,85,100)(H,91,92)(H,93,94)/t45-,46+,51-,52+,53+,54+,55+,56+,57-,62+,63+,64-/m1/s1. The molecule has 3 heterocycles. The van der Waals surface area contributed by atoms with Crippen LogP contribution in [0.5, 0.6) is 11.5 Å². The Morgan fingerprint density at radius 3 is 1.68 bits per heavy atom. The van der Waals surface area contributed by atoms with E-state index in [1.807, 2.05) is 0 Å². The normalized spacial score (nSPS) is 21.6. The first-order valence-corrected chi connectivity index (χ1v) is 37.2. The molecule has 3 aliphatic rings. The zero-order chi connectivity index (χ0) is 77.7. The number of carbonyl (C=O) groups is 14. The van der Waals surface area contributed by atoms with Crippen molar-refractivity contribution in [2.45, 2.75) is 281 Å². The van der Waals surface area contributed by atoms with Crippen molar-refractivity contribution in [3.63, 3.8) is 0 Å². The number of hydrogen-bond donors (Lipinski definition) is 15. The molecule has 3 aliphatic heterocycles. The number of unbranched alkanes of at least 4 members (excludes halogenated alkanes) is 12. The van der Waals surface area contributed by atoms with Crippen LogP contribution in [0.15, 0.2) is 48.5 Å². The molecule has 105 heavy (non-hydrogen) atoms. The highest BCUT2D eigenvalue weighted by atomic mass is 16.5. The number of nitrogens with two attached hydrogens (primary N) is 2. The Morgan fingerprint density at radius 1 is 0.581 bits per heavy atom. The molecule has 1 fully saturated rings. The van der Waals surface area contributed by atoms with Crippen LogP contribution in [0.3, 0.4) is 0 Å². The fourth-order valence-electron chi connectivity index (χ4n) is 12.4. The molecule has 0 aliphatic carbocycles. The first kappa shape index (κ1) is 88.1. The SMILES string of the molecule is CCCCCCCCCCCCCCCC(=O)N[C@@H](CCC(=O)O)C(=O)N[C@H](CCCN)C(=O)N[C@H]1Cc2ccc(cc2)OC(=O)[C@H]([C@H](C)CC)NC(=O)[C@H](Cc2ccc(O)cc2)NC(=O)[C@H](CCC(N)=O)NC(=O)[C@H]2CCCN2C(=O)[C@H](C(C)C)NC(=O)[C@H](CCC(=O)O)NC(=O)[C@@H]([C@H](C)O)NC1=O. The average Bonchev–Trinajstić information content (AvgIpc) is 1.77. The number of hydrogen-bond acceptors (Lipinski definition) is 18. The molecule has 584 valence electrons. The third-order valence-corrected chi connectivity index (χ3v) is 18.8. The Hall–Kier alpha value is -9.26. The maximum Gasteiger partial charge on any atom is 0.334 e. The number of carboxylic acid groups (broad SMARTS) is 2. The maximum absolute atomic E-state index is 14.9. The number of aliphatic hydroxyl groups excluding tert-OH is 1. The molecule has 0 aromatic heterocycles. The van der Waals surface area contributed by atoms with Gasteiger partial charge in [-0.2, -0.15) is 0 Å². The van der Waals surface area contributed by atoms with Gasteiger partial charge in [-0.15, -0.1) is 0 Å². The molecule has 17 N–H and O–H groups in total. The lowest BCUT2D eigenvalue weighted by molar-refractivity contribution is -0.144. The minimum absolute atomic E-state index is 0.00688. The number of primary amides is 1. The van der Waals surface area contributed by atoms with Gasteiger partial charge in [0.2, 0.25) is 65.0 Å². The molecule has 31 heteroatoms. The molecule has 2 bridgehead atoms. The van der Waals surface area contributed by atoms with Gasteiger partial charge in [-0.05, 0) is 112 Å². The van der Waals surface area contributed by atoms with Crippen LogP contribution < -0.4 is 64.1 Å². The van der Waals surface area contributed by atoms with Gasteiger partial charge in [0.15, 0.2) is 0 Å². The summed E-state index contributed by atoms with van der Waals surface area (Å²) < 4.78 is 5.84. The van der Waals surface area contributed by atoms with Crippen LogP contribution in [0.4, 0.5) is 0 Å². The molecule has 12 atom stereocenters. The maximum atomic E-state index is 14.9. The van der Waals surface area contributed by atoms with E-state index in [0.717, 1.165) is 43.9 Å². The van der Waals surface area contributed by atoms with Gasteiger partial charge in [0.05, 0.1) is 6.10 Å². The second kappa shape index (κ2) is 46.5. The topological polar surface area (TPSA) is 493 Å². The van der Waals surface area contributed by atoms with E-state index < -0.39 is 193 Å². The third-order valence-electron chi connectivity index (χ3n) is 18.8. The number of fused-ring (bicyclic) bond motifs is 23. The summed E-state index contributed by atoms with van der Waals surface area (Å²) in [6, 6.07) is -4.50. The smallest absolute Gasteiger partial charge is 0.334 e. The number of nitrogens with zero attached hydrogens (tertiary/aromatic N) is 1. The second-order valence-electron chi connectivity index (χ2n) is 27.9. The zero-order valence-electron chi connectivity index (χ0n) is 61.6. The first-order valence-electron chi connectivity index (χ1n) is 37.2. The average molecular weight is 1480 g/mol. The van der Waals surface area contributed by atoms with Crippen LogP contribution >= 0.6 is 0 Å². The quantitative estimate of drug-likeness (QED) is 0.0200. The number of benzene rings is 2. The monoisotopic (exact) mass is 1470 g/mol. The Morgan fingerprint density at radius 2 is 1.11 bits per heavy atom. The van der Waals surface area contributed by atoms with Crippen LogP contribution in [0.1, 0.15) is 213 Å². The molecule has 11 amide bonds. The van der Waals surface area contributed by atoms with Crippen molar-refractivity contribution in [1.29, 1.82) is 0 Å². The van der Waals surface area contributed by atoms with Gasteiger partial charge in [0.1, 0.15) is 71.9 Å². The van der Waals surface area contributed by atoms with Crippen molar-refractivity contribution in [3.8, 4) is 11.5 Å². The van der Waals surface area contributed by atoms with Gasteiger partial charge >= 0.3 is 17.9 Å². The minimum Gasteiger partial charge on any atom is -0.508 e. The van der Waals surface area contributed by atoms with E-state index in [2.05, 4.69) is 54.8 Å². The number of amides is 11. The summed E-state index contributed by atoms with van der Waals surface area (Å²) in [4.78, 5) is 196. The summed E-state index contributed by atoms with van der Waals surface area (Å²) in [5.41, 5.74) is 12.1. The van der Waals surface area contributed by atoms with Crippen LogP contribution in [0, 0.1) is 11.8 Å². The van der Waals surface area contributed by atoms with Gasteiger partial charge in [0, 0.05) is 45.1 Å². The van der Waals surface area contributed by atoms with Crippen molar-refractivity contribution in [2.24, 2.45) is 23.3 Å². The molecule has 0 radical (unpaired) electrons. The number of aliphatic hydroxyl groups is 1. The van der Waals surface area contributed by atoms with Gasteiger partial charge in [-0.1, -0.05) is 142 Å². The number of carbonyl (C=O) groups excluding carboxylic acids is 12. The van der Waals surface area contributed by atoms with Crippen LogP contribution in [-0.4, -0.2) is 188 Å². The highest BCUT2D eigenvalue weighted by molar-refractivity contribution is 6.00. The Bertz CT molecular complexity index is 3210. The van der Waals surface area contributed by atoms with E-state index in [1.54, 1.807) is 27.7 Å². The van der Waals surface area contributed by atoms with Crippen molar-refractivity contribution >= 4 is 82.9 Å². The predicted octanol–water partition coefficient (Wildman–Crippen LogP) is 2.75. The van der Waals surface area contributed by atoms with Crippen molar-refractivity contribution in [1.82, 2.24) is 52.8 Å². The summed E-state index contributed by atoms with van der Waals surface area (Å²) >= 11 is 0. The molecule has 1 saturated heterocycles. The number of esters is 1. The van der Waals surface area contributed by atoms with Crippen LogP contribution in [0.2, 0.25) is 0 Å². The molecule has 2 aromatic carbocycles. The molecule has 31 nitrogen and oxygen atoms in total. The molecular weight excluding hydrogens is 1360 g/mol. The number of nitrogens with one attached hydrogen (secondary N) is 9. The molecule has 0 saturated carbocycles. The Labute approximate surface area is 614 Å². The van der Waals surface area contributed by atoms with Crippen molar-refractivity contribution in [2.75, 3.05) is 13.1 Å². The molecule has 0 spiro atoms. The first-order chi connectivity index (χ1) is 50.0.